The van der Waals surface area contributed by atoms with Gasteiger partial charge < -0.3 is 9.84 Å². The molecule has 1 N–H and O–H groups in total. The minimum atomic E-state index is -0.565. The van der Waals surface area contributed by atoms with Gasteiger partial charge in [0.25, 0.3) is 0 Å². The summed E-state index contributed by atoms with van der Waals surface area (Å²) in [6.45, 7) is 4.83. The number of nitrogens with zero attached hydrogens (tertiary/aromatic N) is 2. The van der Waals surface area contributed by atoms with Gasteiger partial charge in [0.15, 0.2) is 11.0 Å². The van der Waals surface area contributed by atoms with E-state index in [9.17, 15) is 5.11 Å². The molecule has 0 fully saturated rings. The lowest BCUT2D eigenvalue weighted by atomic mass is 10.1. The molecule has 0 spiro atoms. The van der Waals surface area contributed by atoms with Crippen molar-refractivity contribution in [2.45, 2.75) is 26.5 Å². The highest BCUT2D eigenvalue weighted by Crippen LogP contribution is 2.22. The van der Waals surface area contributed by atoms with E-state index >= 15 is 0 Å². The third-order valence-electron chi connectivity index (χ3n) is 4.12. The van der Waals surface area contributed by atoms with Crippen LogP contribution < -0.4 is 9.30 Å². The normalized spacial score (nSPS) is 12.5. The van der Waals surface area contributed by atoms with Crippen LogP contribution in [0.15, 0.2) is 48.8 Å². The molecule has 3 rings (SSSR count). The number of hydrogen-bond donors (Lipinski definition) is 1. The molecule has 1 atom stereocenters. The Morgan fingerprint density at radius 2 is 1.78 bits per heavy atom. The van der Waals surface area contributed by atoms with Crippen molar-refractivity contribution < 1.29 is 14.4 Å². The molecule has 0 saturated heterocycles. The Bertz CT molecular complexity index is 803. The molecule has 1 heterocycles. The summed E-state index contributed by atoms with van der Waals surface area (Å²) in [7, 11) is 2.01. The first-order chi connectivity index (χ1) is 11.1. The maximum absolute atomic E-state index is 10.4. The van der Waals surface area contributed by atoms with E-state index in [0.717, 1.165) is 27.9 Å². The number of aliphatic hydroxyl groups is 1. The summed E-state index contributed by atoms with van der Waals surface area (Å²) in [5.74, 6) is 0.870. The Hall–Kier alpha value is -2.33. The topological polar surface area (TPSA) is 38.3 Å². The predicted octanol–water partition coefficient (Wildman–Crippen LogP) is 2.52. The van der Waals surface area contributed by atoms with Gasteiger partial charge >= 0.3 is 0 Å². The molecule has 0 radical (unpaired) electrons. The second kappa shape index (κ2) is 6.42. The summed E-state index contributed by atoms with van der Waals surface area (Å²) in [6.07, 6.45) is 1.44. The number of para-hydroxylation sites is 3. The largest absolute Gasteiger partial charge is 0.490 e. The number of imidazole rings is 1. The molecule has 4 nitrogen and oxygen atoms in total. The van der Waals surface area contributed by atoms with Crippen LogP contribution in [0.1, 0.15) is 11.1 Å². The molecule has 0 bridgehead atoms. The van der Waals surface area contributed by atoms with Crippen molar-refractivity contribution in [1.82, 2.24) is 4.57 Å². The van der Waals surface area contributed by atoms with E-state index in [-0.39, 0.29) is 6.61 Å². The van der Waals surface area contributed by atoms with E-state index in [1.807, 2.05) is 57.6 Å². The molecule has 3 aromatic rings. The molecular weight excluding hydrogens is 288 g/mol. The van der Waals surface area contributed by atoms with Crippen LogP contribution in [0.4, 0.5) is 0 Å². The van der Waals surface area contributed by atoms with Crippen molar-refractivity contribution in [3.05, 3.63) is 59.9 Å². The van der Waals surface area contributed by atoms with Gasteiger partial charge in [-0.25, -0.2) is 9.13 Å². The zero-order valence-electron chi connectivity index (χ0n) is 13.9. The number of fused-ring (bicyclic) bond motifs is 1. The van der Waals surface area contributed by atoms with Gasteiger partial charge in [-0.2, -0.15) is 0 Å². The number of hydrogen-bond acceptors (Lipinski definition) is 2. The van der Waals surface area contributed by atoms with Gasteiger partial charge in [-0.15, -0.1) is 0 Å². The Kier molecular flexibility index (Phi) is 4.35. The molecule has 0 amide bonds. The fourth-order valence-corrected chi connectivity index (χ4v) is 2.97. The van der Waals surface area contributed by atoms with Gasteiger partial charge in [0.1, 0.15) is 25.0 Å². The number of rotatable bonds is 5. The third-order valence-corrected chi connectivity index (χ3v) is 4.12. The van der Waals surface area contributed by atoms with Crippen LogP contribution >= 0.6 is 0 Å². The number of ether oxygens (including phenoxy) is 1. The van der Waals surface area contributed by atoms with Crippen molar-refractivity contribution in [2.24, 2.45) is 7.05 Å². The highest BCUT2D eigenvalue weighted by atomic mass is 16.5. The summed E-state index contributed by atoms with van der Waals surface area (Å²) >= 11 is 0. The minimum Gasteiger partial charge on any atom is -0.490 e. The smallest absolute Gasteiger partial charge is 0.244 e. The molecule has 1 aromatic heterocycles. The average Bonchev–Trinajstić information content (AvgIpc) is 2.83. The standard InChI is InChI=1S/C19H23N2O2/c1-14-7-6-8-15(2)19(14)23-12-16(22)11-21-13-20(3)17-9-4-5-10-18(17)21/h4-10,13,16,22H,11-12H2,1-3H3/q+1. The number of aryl methyl sites for hydroxylation is 3. The third kappa shape index (κ3) is 3.22. The van der Waals surface area contributed by atoms with Crippen molar-refractivity contribution in [3.63, 3.8) is 0 Å². The second-order valence-corrected chi connectivity index (χ2v) is 6.05. The van der Waals surface area contributed by atoms with Crippen LogP contribution in [0.25, 0.3) is 11.0 Å². The van der Waals surface area contributed by atoms with Gasteiger partial charge in [-0.05, 0) is 37.1 Å². The van der Waals surface area contributed by atoms with Crippen LogP contribution in [0.2, 0.25) is 0 Å². The first kappa shape index (κ1) is 15.6. The molecule has 2 aromatic carbocycles. The zero-order valence-corrected chi connectivity index (χ0v) is 13.9. The van der Waals surface area contributed by atoms with Crippen molar-refractivity contribution in [2.75, 3.05) is 6.61 Å². The van der Waals surface area contributed by atoms with E-state index in [4.69, 9.17) is 4.74 Å². The highest BCUT2D eigenvalue weighted by molar-refractivity contribution is 5.71. The van der Waals surface area contributed by atoms with Gasteiger partial charge in [0.05, 0.1) is 7.05 Å². The lowest BCUT2D eigenvalue weighted by Crippen LogP contribution is -2.27. The molecule has 0 aliphatic carbocycles. The van der Waals surface area contributed by atoms with Gasteiger partial charge in [-0.1, -0.05) is 30.3 Å². The van der Waals surface area contributed by atoms with Crippen LogP contribution in [-0.4, -0.2) is 22.4 Å². The Morgan fingerprint density at radius 1 is 1.09 bits per heavy atom. The fraction of sp³-hybridized carbons (Fsp3) is 0.316. The van der Waals surface area contributed by atoms with Gasteiger partial charge in [0.2, 0.25) is 6.33 Å². The first-order valence-corrected chi connectivity index (χ1v) is 7.87. The molecule has 120 valence electrons. The second-order valence-electron chi connectivity index (χ2n) is 6.05. The highest BCUT2D eigenvalue weighted by Gasteiger charge is 2.17. The Balaban J connectivity index is 1.71. The van der Waals surface area contributed by atoms with Gasteiger partial charge in [0, 0.05) is 0 Å². The summed E-state index contributed by atoms with van der Waals surface area (Å²) in [4.78, 5) is 0. The fourth-order valence-electron chi connectivity index (χ4n) is 2.97. The van der Waals surface area contributed by atoms with Crippen molar-refractivity contribution in [1.29, 1.82) is 0 Å². The summed E-state index contributed by atoms with van der Waals surface area (Å²) in [5, 5.41) is 10.4. The first-order valence-electron chi connectivity index (χ1n) is 7.87. The molecule has 0 aliphatic heterocycles. The maximum Gasteiger partial charge on any atom is 0.244 e. The predicted molar refractivity (Wildman–Crippen MR) is 90.5 cm³/mol. The number of aromatic nitrogens is 2. The van der Waals surface area contributed by atoms with Crippen molar-refractivity contribution >= 4 is 11.0 Å². The zero-order chi connectivity index (χ0) is 16.4. The quantitative estimate of drug-likeness (QED) is 0.735. The Morgan fingerprint density at radius 3 is 2.52 bits per heavy atom. The van der Waals surface area contributed by atoms with E-state index in [1.165, 1.54) is 0 Å². The van der Waals surface area contributed by atoms with Gasteiger partial charge in [-0.3, -0.25) is 0 Å². The van der Waals surface area contributed by atoms with Crippen LogP contribution in [0.5, 0.6) is 5.75 Å². The number of benzene rings is 2. The lowest BCUT2D eigenvalue weighted by molar-refractivity contribution is -0.645. The van der Waals surface area contributed by atoms with Crippen molar-refractivity contribution in [3.8, 4) is 5.75 Å². The monoisotopic (exact) mass is 311 g/mol. The van der Waals surface area contributed by atoms with E-state index in [0.29, 0.717) is 6.54 Å². The molecule has 0 saturated carbocycles. The maximum atomic E-state index is 10.4. The van der Waals surface area contributed by atoms with E-state index < -0.39 is 6.10 Å². The van der Waals surface area contributed by atoms with E-state index in [1.54, 1.807) is 0 Å². The molecule has 23 heavy (non-hydrogen) atoms. The molecule has 4 heteroatoms. The Labute approximate surface area is 136 Å². The lowest BCUT2D eigenvalue weighted by Gasteiger charge is -2.14. The average molecular weight is 311 g/mol. The van der Waals surface area contributed by atoms with E-state index in [2.05, 4.69) is 21.3 Å². The molecule has 1 unspecified atom stereocenters. The van der Waals surface area contributed by atoms with Crippen LogP contribution in [0, 0.1) is 13.8 Å². The summed E-state index contributed by atoms with van der Waals surface area (Å²) in [5.41, 5.74) is 4.45. The SMILES string of the molecule is Cc1cccc(C)c1OCC(O)Cn1c[n+](C)c2ccccc21. The van der Waals surface area contributed by atoms with Crippen LogP contribution in [-0.2, 0) is 13.6 Å². The van der Waals surface area contributed by atoms with Crippen LogP contribution in [0.3, 0.4) is 0 Å². The molecular formula is C19H23N2O2+. The summed E-state index contributed by atoms with van der Waals surface area (Å²) < 4.78 is 9.98. The summed E-state index contributed by atoms with van der Waals surface area (Å²) in [6, 6.07) is 14.2. The minimum absolute atomic E-state index is 0.280. The molecule has 0 aliphatic rings. The number of aliphatic hydroxyl groups excluding tert-OH is 1.